The van der Waals surface area contributed by atoms with E-state index in [-0.39, 0.29) is 21.7 Å². The Kier molecular flexibility index (Phi) is 10.3. The molecule has 4 rings (SSSR count). The first-order valence-corrected chi connectivity index (χ1v) is 25.4. The Morgan fingerprint density at radius 2 is 0.592 bits per heavy atom. The van der Waals surface area contributed by atoms with Crippen LogP contribution in [-0.2, 0) is 21.7 Å². The number of rotatable bonds is 6. The Morgan fingerprint density at radius 1 is 0.327 bits per heavy atom. The van der Waals surface area contributed by atoms with Gasteiger partial charge in [0, 0.05) is 11.4 Å². The molecule has 1 nitrogen and oxygen atoms in total. The van der Waals surface area contributed by atoms with Crippen LogP contribution in [0.4, 0.5) is 11.4 Å². The van der Waals surface area contributed by atoms with E-state index >= 15 is 0 Å². The van der Waals surface area contributed by atoms with Crippen molar-refractivity contribution in [2.45, 2.75) is 144 Å². The van der Waals surface area contributed by atoms with E-state index in [1.54, 1.807) is 0 Å². The van der Waals surface area contributed by atoms with Gasteiger partial charge < -0.3 is 5.32 Å². The van der Waals surface area contributed by atoms with Gasteiger partial charge in [0.2, 0.25) is 0 Å². The molecule has 1 N–H and O–H groups in total. The average molecular weight is 690 g/mol. The lowest BCUT2D eigenvalue weighted by molar-refractivity contribution is 0.568. The molecule has 0 aliphatic rings. The molecule has 0 aliphatic heterocycles. The molecule has 4 aromatic rings. The van der Waals surface area contributed by atoms with Crippen molar-refractivity contribution < 1.29 is 0 Å². The highest BCUT2D eigenvalue weighted by molar-refractivity contribution is 6.91. The minimum Gasteiger partial charge on any atom is -0.355 e. The second-order valence-electron chi connectivity index (χ2n) is 20.8. The summed E-state index contributed by atoms with van der Waals surface area (Å²) in [5.74, 6) is 0. The molecular formula is C46H67NSi2. The predicted octanol–water partition coefficient (Wildman–Crippen LogP) is 13.0. The van der Waals surface area contributed by atoms with Crippen molar-refractivity contribution in [1.82, 2.24) is 0 Å². The first kappa shape index (κ1) is 38.9. The van der Waals surface area contributed by atoms with Gasteiger partial charge in [-0.25, -0.2) is 0 Å². The standard InChI is InChI=1S/C46H67NSi2/c1-43(2,3)35-20-33(21-36(26-35)44(4,5)6)31-19-32(34-22-37(45(7,8)9)27-38(23-34)46(10,11)12)25-39(24-31)47-40-28-41(48(13,14)15)30-42(29-40)49(16,17)18/h19-30,47H,1-18H3. The van der Waals surface area contributed by atoms with Crippen LogP contribution in [0.2, 0.25) is 39.3 Å². The summed E-state index contributed by atoms with van der Waals surface area (Å²) in [5, 5.41) is 7.01. The number of anilines is 2. The molecule has 0 atom stereocenters. The highest BCUT2D eigenvalue weighted by Gasteiger charge is 2.25. The van der Waals surface area contributed by atoms with Crippen molar-refractivity contribution in [3.8, 4) is 22.3 Å². The smallest absolute Gasteiger partial charge is 0.0776 e. The summed E-state index contributed by atoms with van der Waals surface area (Å²) >= 11 is 0. The van der Waals surface area contributed by atoms with Gasteiger partial charge in [-0.05, 0) is 96.5 Å². The molecule has 0 aromatic heterocycles. The molecule has 264 valence electrons. The molecule has 0 amide bonds. The fourth-order valence-electron chi connectivity index (χ4n) is 6.09. The molecule has 0 bridgehead atoms. The molecule has 0 saturated carbocycles. The van der Waals surface area contributed by atoms with E-state index in [1.165, 1.54) is 60.6 Å². The molecular weight excluding hydrogens is 623 g/mol. The van der Waals surface area contributed by atoms with E-state index in [0.717, 1.165) is 5.69 Å². The second kappa shape index (κ2) is 13.0. The van der Waals surface area contributed by atoms with Gasteiger partial charge in [-0.2, -0.15) is 0 Å². The molecule has 0 spiro atoms. The van der Waals surface area contributed by atoms with Gasteiger partial charge >= 0.3 is 0 Å². The van der Waals surface area contributed by atoms with Gasteiger partial charge in [0.15, 0.2) is 0 Å². The van der Waals surface area contributed by atoms with Crippen LogP contribution in [0.1, 0.15) is 105 Å². The fraction of sp³-hybridized carbons (Fsp3) is 0.478. The minimum atomic E-state index is -1.53. The molecule has 0 unspecified atom stereocenters. The van der Waals surface area contributed by atoms with Gasteiger partial charge in [-0.15, -0.1) is 0 Å². The summed E-state index contributed by atoms with van der Waals surface area (Å²) in [7, 11) is -3.07. The van der Waals surface area contributed by atoms with Crippen molar-refractivity contribution in [3.05, 3.63) is 95.1 Å². The summed E-state index contributed by atoms with van der Waals surface area (Å²) in [4.78, 5) is 0. The normalized spacial score (nSPS) is 13.5. The van der Waals surface area contributed by atoms with E-state index in [2.05, 4.69) is 200 Å². The summed E-state index contributed by atoms with van der Waals surface area (Å²) < 4.78 is 0. The molecule has 0 saturated heterocycles. The largest absolute Gasteiger partial charge is 0.355 e. The first-order chi connectivity index (χ1) is 22.0. The Balaban J connectivity index is 2.06. The number of benzene rings is 4. The lowest BCUT2D eigenvalue weighted by Gasteiger charge is -2.27. The Hall–Kier alpha value is -2.89. The molecule has 3 heteroatoms. The quantitative estimate of drug-likeness (QED) is 0.199. The number of hydrogen-bond acceptors (Lipinski definition) is 1. The van der Waals surface area contributed by atoms with Crippen LogP contribution in [0.15, 0.2) is 72.8 Å². The van der Waals surface area contributed by atoms with Crippen LogP contribution in [0.3, 0.4) is 0 Å². The maximum Gasteiger partial charge on any atom is 0.0776 e. The molecule has 49 heavy (non-hydrogen) atoms. The van der Waals surface area contributed by atoms with E-state index in [9.17, 15) is 0 Å². The van der Waals surface area contributed by atoms with E-state index in [1.807, 2.05) is 0 Å². The predicted molar refractivity (Wildman–Crippen MR) is 228 cm³/mol. The zero-order chi connectivity index (χ0) is 37.1. The highest BCUT2D eigenvalue weighted by atomic mass is 28.3. The van der Waals surface area contributed by atoms with Crippen LogP contribution in [0.5, 0.6) is 0 Å². The van der Waals surface area contributed by atoms with E-state index in [4.69, 9.17) is 0 Å². The zero-order valence-electron chi connectivity index (χ0n) is 34.4. The molecule has 0 fully saturated rings. The van der Waals surface area contributed by atoms with Gasteiger partial charge in [-0.1, -0.05) is 175 Å². The van der Waals surface area contributed by atoms with Gasteiger partial charge in [0.1, 0.15) is 0 Å². The van der Waals surface area contributed by atoms with Crippen LogP contribution < -0.4 is 15.7 Å². The van der Waals surface area contributed by atoms with Crippen molar-refractivity contribution in [2.24, 2.45) is 0 Å². The van der Waals surface area contributed by atoms with Crippen molar-refractivity contribution in [3.63, 3.8) is 0 Å². The summed E-state index contributed by atoms with van der Waals surface area (Å²) in [6.45, 7) is 42.7. The van der Waals surface area contributed by atoms with Crippen LogP contribution in [0, 0.1) is 0 Å². The third-order valence-corrected chi connectivity index (χ3v) is 13.9. The fourth-order valence-corrected chi connectivity index (χ4v) is 8.58. The monoisotopic (exact) mass is 689 g/mol. The van der Waals surface area contributed by atoms with Gasteiger partial charge in [-0.3, -0.25) is 0 Å². The Morgan fingerprint density at radius 3 is 0.857 bits per heavy atom. The van der Waals surface area contributed by atoms with Gasteiger partial charge in [0.05, 0.1) is 16.1 Å². The van der Waals surface area contributed by atoms with Crippen LogP contribution >= 0.6 is 0 Å². The third kappa shape index (κ3) is 9.67. The van der Waals surface area contributed by atoms with Crippen molar-refractivity contribution in [1.29, 1.82) is 0 Å². The maximum absolute atomic E-state index is 3.97. The topological polar surface area (TPSA) is 12.0 Å². The molecule has 0 heterocycles. The van der Waals surface area contributed by atoms with Crippen molar-refractivity contribution >= 4 is 37.9 Å². The lowest BCUT2D eigenvalue weighted by Crippen LogP contribution is -2.45. The lowest BCUT2D eigenvalue weighted by atomic mass is 9.78. The molecule has 4 aromatic carbocycles. The van der Waals surface area contributed by atoms with E-state index in [0.29, 0.717) is 0 Å². The highest BCUT2D eigenvalue weighted by Crippen LogP contribution is 2.39. The average Bonchev–Trinajstić information content (AvgIpc) is 2.93. The summed E-state index contributed by atoms with van der Waals surface area (Å²) in [6, 6.07) is 29.1. The number of hydrogen-bond donors (Lipinski definition) is 1. The molecule has 0 aliphatic carbocycles. The third-order valence-electron chi connectivity index (χ3n) is 9.88. The van der Waals surface area contributed by atoms with Crippen molar-refractivity contribution in [2.75, 3.05) is 5.32 Å². The van der Waals surface area contributed by atoms with Crippen LogP contribution in [0.25, 0.3) is 22.3 Å². The Bertz CT molecular complexity index is 1630. The summed E-state index contributed by atoms with van der Waals surface area (Å²) in [6.07, 6.45) is 0. The zero-order valence-corrected chi connectivity index (χ0v) is 36.4. The maximum atomic E-state index is 3.97. The second-order valence-corrected chi connectivity index (χ2v) is 31.0. The first-order valence-electron chi connectivity index (χ1n) is 18.4. The van der Waals surface area contributed by atoms with Gasteiger partial charge in [0.25, 0.3) is 0 Å². The molecule has 0 radical (unpaired) electrons. The Labute approximate surface area is 303 Å². The SMILES string of the molecule is CC(C)(C)c1cc(-c2cc(Nc3cc([Si](C)(C)C)cc([Si](C)(C)C)c3)cc(-c3cc(C(C)(C)C)cc(C(C)(C)C)c3)c2)cc(C(C)(C)C)c1. The van der Waals surface area contributed by atoms with E-state index < -0.39 is 16.1 Å². The minimum absolute atomic E-state index is 0.0435. The van der Waals surface area contributed by atoms with Crippen LogP contribution in [-0.4, -0.2) is 16.1 Å². The number of nitrogens with one attached hydrogen (secondary N) is 1. The summed E-state index contributed by atoms with van der Waals surface area (Å²) in [5.41, 5.74) is 13.1.